The fourth-order valence-corrected chi connectivity index (χ4v) is 3.12. The Hall–Kier alpha value is 0.180. The lowest BCUT2D eigenvalue weighted by Gasteiger charge is -2.21. The van der Waals surface area contributed by atoms with Crippen LogP contribution < -0.4 is 4.72 Å². The molecular weight excluding hydrogens is 262 g/mol. The topological polar surface area (TPSA) is 75.6 Å². The first-order valence-electron chi connectivity index (χ1n) is 5.57. The minimum Gasteiger partial charge on any atom is -0.395 e. The second-order valence-corrected chi connectivity index (χ2v) is 7.05. The number of rotatable bonds is 9. The molecule has 0 fully saturated rings. The number of hydrogen-bond acceptors (Lipinski definition) is 5. The average Bonchev–Trinajstić information content (AvgIpc) is 2.17. The number of aliphatic hydroxyl groups is 1. The largest absolute Gasteiger partial charge is 0.395 e. The molecule has 0 aliphatic heterocycles. The molecule has 104 valence electrons. The minimum absolute atomic E-state index is 0.0269. The van der Waals surface area contributed by atoms with Crippen molar-refractivity contribution in [2.75, 3.05) is 25.2 Å². The number of nitrogens with one attached hydrogen (secondary N) is 1. The summed E-state index contributed by atoms with van der Waals surface area (Å²) in [6.45, 7) is 5.60. The molecule has 0 heterocycles. The van der Waals surface area contributed by atoms with Crippen molar-refractivity contribution >= 4 is 21.8 Å². The quantitative estimate of drug-likeness (QED) is 0.643. The van der Waals surface area contributed by atoms with E-state index in [1.54, 1.807) is 6.92 Å². The molecule has 0 aromatic heterocycles. The maximum absolute atomic E-state index is 11.7. The summed E-state index contributed by atoms with van der Waals surface area (Å²) in [5.41, 5.74) is 0. The van der Waals surface area contributed by atoms with Crippen LogP contribution in [0.5, 0.6) is 0 Å². The fraction of sp³-hybridized carbons (Fsp3) is 1.00. The Morgan fingerprint density at radius 1 is 1.35 bits per heavy atom. The summed E-state index contributed by atoms with van der Waals surface area (Å²) < 4.78 is 31.1. The molecule has 0 radical (unpaired) electrons. The second kappa shape index (κ2) is 8.31. The van der Waals surface area contributed by atoms with Crippen molar-refractivity contribution in [3.63, 3.8) is 0 Å². The van der Waals surface area contributed by atoms with Crippen molar-refractivity contribution in [1.29, 1.82) is 0 Å². The molecule has 2 atom stereocenters. The molecule has 17 heavy (non-hydrogen) atoms. The van der Waals surface area contributed by atoms with Crippen LogP contribution in [0.2, 0.25) is 0 Å². The van der Waals surface area contributed by atoms with Crippen LogP contribution in [0.15, 0.2) is 0 Å². The van der Waals surface area contributed by atoms with E-state index in [4.69, 9.17) is 9.84 Å². The molecule has 5 nitrogen and oxygen atoms in total. The summed E-state index contributed by atoms with van der Waals surface area (Å²) in [4.78, 5) is 0. The Kier molecular flexibility index (Phi) is 8.40. The van der Waals surface area contributed by atoms with Gasteiger partial charge in [-0.05, 0) is 27.0 Å². The predicted molar refractivity (Wildman–Crippen MR) is 71.9 cm³/mol. The van der Waals surface area contributed by atoms with Gasteiger partial charge < -0.3 is 9.84 Å². The molecule has 0 amide bonds. The van der Waals surface area contributed by atoms with Crippen LogP contribution in [0.1, 0.15) is 20.8 Å². The number of sulfonamides is 1. The number of ether oxygens (including phenoxy) is 1. The van der Waals surface area contributed by atoms with Gasteiger partial charge in [-0.25, -0.2) is 13.1 Å². The van der Waals surface area contributed by atoms with Gasteiger partial charge in [-0.3, -0.25) is 0 Å². The van der Waals surface area contributed by atoms with E-state index < -0.39 is 10.0 Å². The standard InChI is InChI=1S/C10H23NO4S2/c1-8(2)15-5-6-17(13,14)11-9(3)10(7-12)16-4/h8-12H,5-7H2,1-4H3. The highest BCUT2D eigenvalue weighted by Crippen LogP contribution is 2.11. The Labute approximate surface area is 108 Å². The van der Waals surface area contributed by atoms with E-state index in [0.29, 0.717) is 0 Å². The highest BCUT2D eigenvalue weighted by Gasteiger charge is 2.21. The van der Waals surface area contributed by atoms with Gasteiger partial charge in [-0.1, -0.05) is 0 Å². The molecule has 2 unspecified atom stereocenters. The second-order valence-electron chi connectivity index (χ2n) is 4.10. The highest BCUT2D eigenvalue weighted by molar-refractivity contribution is 7.99. The lowest BCUT2D eigenvalue weighted by molar-refractivity contribution is 0.0911. The molecule has 0 aromatic rings. The molecule has 0 saturated heterocycles. The van der Waals surface area contributed by atoms with E-state index in [2.05, 4.69) is 4.72 Å². The first-order chi connectivity index (χ1) is 7.82. The summed E-state index contributed by atoms with van der Waals surface area (Å²) in [7, 11) is -3.34. The molecule has 0 aliphatic carbocycles. The van der Waals surface area contributed by atoms with E-state index in [0.717, 1.165) is 0 Å². The van der Waals surface area contributed by atoms with Gasteiger partial charge in [0.1, 0.15) is 0 Å². The van der Waals surface area contributed by atoms with Crippen LogP contribution in [0.3, 0.4) is 0 Å². The van der Waals surface area contributed by atoms with E-state index >= 15 is 0 Å². The maximum atomic E-state index is 11.7. The molecule has 0 rings (SSSR count). The van der Waals surface area contributed by atoms with Crippen LogP contribution in [-0.4, -0.2) is 56.1 Å². The van der Waals surface area contributed by atoms with Crippen molar-refractivity contribution in [1.82, 2.24) is 4.72 Å². The zero-order chi connectivity index (χ0) is 13.5. The molecule has 0 bridgehead atoms. The average molecular weight is 285 g/mol. The molecule has 0 aromatic carbocycles. The number of thioether (sulfide) groups is 1. The summed E-state index contributed by atoms with van der Waals surface area (Å²) in [5.74, 6) is -0.0535. The smallest absolute Gasteiger partial charge is 0.214 e. The van der Waals surface area contributed by atoms with Gasteiger partial charge in [-0.2, -0.15) is 11.8 Å². The Morgan fingerprint density at radius 2 is 1.94 bits per heavy atom. The van der Waals surface area contributed by atoms with Gasteiger partial charge in [0.25, 0.3) is 0 Å². The predicted octanol–water partition coefficient (Wildman–Crippen LogP) is 0.443. The molecular formula is C10H23NO4S2. The van der Waals surface area contributed by atoms with E-state index in [-0.39, 0.29) is 36.4 Å². The highest BCUT2D eigenvalue weighted by atomic mass is 32.2. The zero-order valence-corrected chi connectivity index (χ0v) is 12.5. The maximum Gasteiger partial charge on any atom is 0.214 e. The third-order valence-corrected chi connectivity index (χ3v) is 4.81. The normalized spacial score (nSPS) is 16.1. The van der Waals surface area contributed by atoms with Crippen molar-refractivity contribution in [2.45, 2.75) is 38.2 Å². The van der Waals surface area contributed by atoms with Gasteiger partial charge in [0.15, 0.2) is 0 Å². The van der Waals surface area contributed by atoms with Gasteiger partial charge >= 0.3 is 0 Å². The lowest BCUT2D eigenvalue weighted by Crippen LogP contribution is -2.42. The summed E-state index contributed by atoms with van der Waals surface area (Å²) in [6.07, 6.45) is 1.87. The van der Waals surface area contributed by atoms with Gasteiger partial charge in [0.05, 0.1) is 25.1 Å². The summed E-state index contributed by atoms with van der Waals surface area (Å²) in [5, 5.41) is 8.93. The van der Waals surface area contributed by atoms with Crippen molar-refractivity contribution in [2.24, 2.45) is 0 Å². The van der Waals surface area contributed by atoms with Crippen molar-refractivity contribution < 1.29 is 18.3 Å². The van der Waals surface area contributed by atoms with E-state index in [1.165, 1.54) is 11.8 Å². The first kappa shape index (κ1) is 17.2. The fourth-order valence-electron chi connectivity index (χ4n) is 1.25. The lowest BCUT2D eigenvalue weighted by atomic mass is 10.3. The van der Waals surface area contributed by atoms with Crippen LogP contribution in [-0.2, 0) is 14.8 Å². The number of hydrogen-bond donors (Lipinski definition) is 2. The van der Waals surface area contributed by atoms with Gasteiger partial charge in [0.2, 0.25) is 10.0 Å². The Bertz CT molecular complexity index is 289. The van der Waals surface area contributed by atoms with E-state index in [1.807, 2.05) is 20.1 Å². The Balaban J connectivity index is 4.15. The minimum atomic E-state index is -3.34. The molecule has 2 N–H and O–H groups in total. The third-order valence-electron chi connectivity index (χ3n) is 2.21. The van der Waals surface area contributed by atoms with Crippen molar-refractivity contribution in [3.05, 3.63) is 0 Å². The summed E-state index contributed by atoms with van der Waals surface area (Å²) >= 11 is 1.44. The van der Waals surface area contributed by atoms with Crippen LogP contribution in [0.25, 0.3) is 0 Å². The summed E-state index contributed by atoms with van der Waals surface area (Å²) in [6, 6.07) is -0.293. The van der Waals surface area contributed by atoms with Crippen LogP contribution in [0.4, 0.5) is 0 Å². The van der Waals surface area contributed by atoms with Crippen LogP contribution >= 0.6 is 11.8 Å². The molecule has 7 heteroatoms. The monoisotopic (exact) mass is 285 g/mol. The van der Waals surface area contributed by atoms with Crippen molar-refractivity contribution in [3.8, 4) is 0 Å². The molecule has 0 saturated carbocycles. The SMILES string of the molecule is CSC(CO)C(C)NS(=O)(=O)CCOC(C)C. The van der Waals surface area contributed by atoms with Gasteiger partial charge in [-0.15, -0.1) is 0 Å². The number of aliphatic hydroxyl groups excluding tert-OH is 1. The zero-order valence-electron chi connectivity index (χ0n) is 10.8. The first-order valence-corrected chi connectivity index (χ1v) is 8.51. The Morgan fingerprint density at radius 3 is 2.35 bits per heavy atom. The van der Waals surface area contributed by atoms with Crippen LogP contribution in [0, 0.1) is 0 Å². The molecule has 0 aliphatic rings. The molecule has 0 spiro atoms. The third kappa shape index (κ3) is 7.99. The van der Waals surface area contributed by atoms with Gasteiger partial charge in [0, 0.05) is 11.3 Å². The van der Waals surface area contributed by atoms with E-state index in [9.17, 15) is 8.42 Å².